The molecule has 4 aromatic heterocycles. The predicted octanol–water partition coefficient (Wildman–Crippen LogP) is 2.49. The minimum atomic E-state index is -4.62. The Bertz CT molecular complexity index is 1030. The third kappa shape index (κ3) is 2.53. The van der Waals surface area contributed by atoms with E-state index in [1.807, 2.05) is 12.0 Å². The Labute approximate surface area is 138 Å². The van der Waals surface area contributed by atoms with E-state index in [0.29, 0.717) is 23.5 Å². The fourth-order valence-corrected chi connectivity index (χ4v) is 2.47. The number of aromatic amines is 2. The van der Waals surface area contributed by atoms with Crippen LogP contribution in [-0.2, 0) is 12.6 Å². The van der Waals surface area contributed by atoms with Crippen molar-refractivity contribution >= 4 is 5.65 Å². The zero-order valence-corrected chi connectivity index (χ0v) is 12.8. The topological polar surface area (TPSA) is 100 Å². The lowest BCUT2D eigenvalue weighted by atomic mass is 10.2. The molecule has 128 valence electrons. The van der Waals surface area contributed by atoms with Crippen LogP contribution in [0.4, 0.5) is 13.2 Å². The van der Waals surface area contributed by atoms with Gasteiger partial charge in [-0.2, -0.15) is 18.3 Å². The first-order chi connectivity index (χ1) is 12.0. The van der Waals surface area contributed by atoms with Gasteiger partial charge in [0.15, 0.2) is 5.65 Å². The highest BCUT2D eigenvalue weighted by Crippen LogP contribution is 2.32. The van der Waals surface area contributed by atoms with Crippen LogP contribution >= 0.6 is 0 Å². The first-order valence-electron chi connectivity index (χ1n) is 7.33. The molecule has 0 aliphatic carbocycles. The maximum absolute atomic E-state index is 12.8. The molecule has 0 aliphatic heterocycles. The minimum Gasteiger partial charge on any atom is -0.343 e. The summed E-state index contributed by atoms with van der Waals surface area (Å²) in [5, 5.41) is 5.58. The molecule has 0 radical (unpaired) electrons. The van der Waals surface area contributed by atoms with E-state index in [0.717, 1.165) is 5.69 Å². The molecule has 8 nitrogen and oxygen atoms in total. The van der Waals surface area contributed by atoms with Crippen LogP contribution in [0.5, 0.6) is 0 Å². The Hall–Kier alpha value is -3.24. The number of aryl methyl sites for hydroxylation is 1. The van der Waals surface area contributed by atoms with Gasteiger partial charge in [-0.1, -0.05) is 6.92 Å². The lowest BCUT2D eigenvalue weighted by Gasteiger charge is -2.02. The predicted molar refractivity (Wildman–Crippen MR) is 80.3 cm³/mol. The maximum Gasteiger partial charge on any atom is 0.451 e. The van der Waals surface area contributed by atoms with Crippen molar-refractivity contribution in [2.75, 3.05) is 0 Å². The van der Waals surface area contributed by atoms with E-state index in [1.165, 1.54) is 6.33 Å². The number of hydrogen-bond acceptors (Lipinski definition) is 5. The first kappa shape index (κ1) is 15.3. The molecule has 0 aliphatic rings. The maximum atomic E-state index is 12.8. The molecular weight excluding hydrogens is 337 g/mol. The molecule has 11 heteroatoms. The molecule has 25 heavy (non-hydrogen) atoms. The Morgan fingerprint density at radius 3 is 2.68 bits per heavy atom. The van der Waals surface area contributed by atoms with E-state index in [9.17, 15) is 13.2 Å². The molecule has 0 atom stereocenters. The summed E-state index contributed by atoms with van der Waals surface area (Å²) in [6.45, 7) is 1.95. The molecule has 4 rings (SSSR count). The van der Waals surface area contributed by atoms with Crippen molar-refractivity contribution in [3.05, 3.63) is 36.4 Å². The third-order valence-electron chi connectivity index (χ3n) is 3.64. The molecule has 2 N–H and O–H groups in total. The second-order valence-electron chi connectivity index (χ2n) is 5.24. The summed E-state index contributed by atoms with van der Waals surface area (Å²) < 4.78 is 40.2. The quantitative estimate of drug-likeness (QED) is 0.592. The number of imidazole rings is 2. The Morgan fingerprint density at radius 2 is 2.04 bits per heavy atom. The SMILES string of the molecule is CCc1cn2c(-c3cnc[nH]3)c(-c3n[nH]c(C(F)(F)F)n3)nc2cn1. The molecule has 0 fully saturated rings. The van der Waals surface area contributed by atoms with Crippen molar-refractivity contribution < 1.29 is 13.2 Å². The van der Waals surface area contributed by atoms with Gasteiger partial charge in [0.1, 0.15) is 11.4 Å². The summed E-state index contributed by atoms with van der Waals surface area (Å²) in [6, 6.07) is 0. The van der Waals surface area contributed by atoms with Crippen molar-refractivity contribution in [1.82, 2.24) is 39.5 Å². The largest absolute Gasteiger partial charge is 0.451 e. The number of alkyl halides is 3. The van der Waals surface area contributed by atoms with E-state index >= 15 is 0 Å². The van der Waals surface area contributed by atoms with Crippen LogP contribution in [0.2, 0.25) is 0 Å². The van der Waals surface area contributed by atoms with Crippen LogP contribution < -0.4 is 0 Å². The summed E-state index contributed by atoms with van der Waals surface area (Å²) >= 11 is 0. The second kappa shape index (κ2) is 5.40. The van der Waals surface area contributed by atoms with Gasteiger partial charge in [0.25, 0.3) is 0 Å². The van der Waals surface area contributed by atoms with Gasteiger partial charge in [0, 0.05) is 6.20 Å². The Morgan fingerprint density at radius 1 is 1.20 bits per heavy atom. The molecule has 0 aromatic carbocycles. The van der Waals surface area contributed by atoms with E-state index in [4.69, 9.17) is 0 Å². The fourth-order valence-electron chi connectivity index (χ4n) is 2.47. The number of fused-ring (bicyclic) bond motifs is 1. The van der Waals surface area contributed by atoms with E-state index in [2.05, 4.69) is 30.0 Å². The molecule has 0 unspecified atom stereocenters. The van der Waals surface area contributed by atoms with Gasteiger partial charge in [-0.3, -0.25) is 14.5 Å². The van der Waals surface area contributed by atoms with Crippen molar-refractivity contribution in [1.29, 1.82) is 0 Å². The van der Waals surface area contributed by atoms with Crippen LogP contribution in [-0.4, -0.2) is 39.5 Å². The number of H-pyrrole nitrogens is 2. The molecule has 0 spiro atoms. The van der Waals surface area contributed by atoms with Gasteiger partial charge in [-0.25, -0.2) is 15.0 Å². The summed E-state index contributed by atoms with van der Waals surface area (Å²) in [7, 11) is 0. The summed E-state index contributed by atoms with van der Waals surface area (Å²) in [4.78, 5) is 19.1. The first-order valence-corrected chi connectivity index (χ1v) is 7.33. The number of aromatic nitrogens is 8. The molecule has 4 aromatic rings. The summed E-state index contributed by atoms with van der Waals surface area (Å²) in [5.74, 6) is -1.33. The molecule has 0 amide bonds. The van der Waals surface area contributed by atoms with Gasteiger partial charge in [-0.05, 0) is 6.42 Å². The van der Waals surface area contributed by atoms with Crippen LogP contribution in [0.1, 0.15) is 18.4 Å². The highest BCUT2D eigenvalue weighted by molar-refractivity contribution is 5.76. The van der Waals surface area contributed by atoms with Crippen LogP contribution in [0, 0.1) is 0 Å². The molecule has 4 heterocycles. The monoisotopic (exact) mass is 348 g/mol. The van der Waals surface area contributed by atoms with Gasteiger partial charge in [-0.15, -0.1) is 0 Å². The van der Waals surface area contributed by atoms with Gasteiger partial charge >= 0.3 is 6.18 Å². The minimum absolute atomic E-state index is 0.154. The van der Waals surface area contributed by atoms with Crippen LogP contribution in [0.15, 0.2) is 24.9 Å². The van der Waals surface area contributed by atoms with Crippen molar-refractivity contribution in [3.63, 3.8) is 0 Å². The van der Waals surface area contributed by atoms with Crippen LogP contribution in [0.25, 0.3) is 28.6 Å². The van der Waals surface area contributed by atoms with E-state index in [1.54, 1.807) is 23.0 Å². The molecule has 0 bridgehead atoms. The number of halogens is 3. The third-order valence-corrected chi connectivity index (χ3v) is 3.64. The second-order valence-corrected chi connectivity index (χ2v) is 5.24. The highest BCUT2D eigenvalue weighted by atomic mass is 19.4. The zero-order valence-electron chi connectivity index (χ0n) is 12.8. The lowest BCUT2D eigenvalue weighted by Crippen LogP contribution is -2.07. The Balaban J connectivity index is 1.97. The standard InChI is InChI=1S/C14H11F3N8/c1-2-7-5-25-9(4-19-7)21-10(11(25)8-3-18-6-20-8)12-22-13(24-23-12)14(15,16)17/h3-6H,2H2,1H3,(H,18,20)(H,22,23,24). The van der Waals surface area contributed by atoms with Crippen molar-refractivity contribution in [3.8, 4) is 22.9 Å². The summed E-state index contributed by atoms with van der Waals surface area (Å²) in [6.07, 6.45) is 2.44. The highest BCUT2D eigenvalue weighted by Gasteiger charge is 2.36. The van der Waals surface area contributed by atoms with Crippen molar-refractivity contribution in [2.24, 2.45) is 0 Å². The van der Waals surface area contributed by atoms with Crippen LogP contribution in [0.3, 0.4) is 0 Å². The number of nitrogens with zero attached hydrogens (tertiary/aromatic N) is 6. The van der Waals surface area contributed by atoms with Gasteiger partial charge in [0.05, 0.1) is 30.1 Å². The smallest absolute Gasteiger partial charge is 0.343 e. The van der Waals surface area contributed by atoms with Crippen molar-refractivity contribution in [2.45, 2.75) is 19.5 Å². The molecule has 0 saturated heterocycles. The fraction of sp³-hybridized carbons (Fsp3) is 0.214. The zero-order chi connectivity index (χ0) is 17.6. The average Bonchev–Trinajstić information content (AvgIpc) is 3.30. The molecule has 0 saturated carbocycles. The number of hydrogen-bond donors (Lipinski definition) is 2. The Kier molecular flexibility index (Phi) is 3.30. The molecular formula is C14H11F3N8. The van der Waals surface area contributed by atoms with Gasteiger partial charge < -0.3 is 4.98 Å². The number of rotatable bonds is 3. The summed E-state index contributed by atoms with van der Waals surface area (Å²) in [5.41, 5.74) is 2.57. The van der Waals surface area contributed by atoms with Gasteiger partial charge in [0.2, 0.25) is 11.6 Å². The normalized spacial score (nSPS) is 12.2. The lowest BCUT2D eigenvalue weighted by molar-refractivity contribution is -0.144. The number of nitrogens with one attached hydrogen (secondary N) is 2. The van der Waals surface area contributed by atoms with E-state index in [-0.39, 0.29) is 11.5 Å². The average molecular weight is 348 g/mol. The van der Waals surface area contributed by atoms with E-state index < -0.39 is 12.0 Å².